The van der Waals surface area contributed by atoms with E-state index >= 15 is 0 Å². The lowest BCUT2D eigenvalue weighted by Crippen LogP contribution is -2.41. The molecule has 0 bridgehead atoms. The van der Waals surface area contributed by atoms with Crippen molar-refractivity contribution < 1.29 is 14.0 Å². The third-order valence-corrected chi connectivity index (χ3v) is 3.44. The maximum Gasteiger partial charge on any atom is 0.256 e. The minimum absolute atomic E-state index is 0.0418. The summed E-state index contributed by atoms with van der Waals surface area (Å²) in [5.41, 5.74) is 0.0418. The Balaban J connectivity index is 2.14. The largest absolute Gasteiger partial charge is 0.338 e. The molecule has 1 aliphatic heterocycles. The number of piperidine rings is 1. The zero-order valence-electron chi connectivity index (χ0n) is 9.73. The first-order chi connectivity index (χ1) is 8.59. The van der Waals surface area contributed by atoms with Gasteiger partial charge < -0.3 is 4.90 Å². The minimum atomic E-state index is -0.540. The second-order valence-electron chi connectivity index (χ2n) is 4.37. The number of hydrogen-bond acceptors (Lipinski definition) is 2. The highest BCUT2D eigenvalue weighted by Crippen LogP contribution is 2.21. The van der Waals surface area contributed by atoms with Crippen LogP contribution in [0.3, 0.4) is 0 Å². The van der Waals surface area contributed by atoms with Gasteiger partial charge >= 0.3 is 0 Å². The molecule has 1 unspecified atom stereocenters. The fourth-order valence-electron chi connectivity index (χ4n) is 2.15. The molecule has 3 nitrogen and oxygen atoms in total. The van der Waals surface area contributed by atoms with E-state index in [1.165, 1.54) is 23.1 Å². The highest BCUT2D eigenvalue weighted by molar-refractivity contribution is 6.64. The second-order valence-corrected chi connectivity index (χ2v) is 4.75. The SMILES string of the molecule is O=C(Cl)C1CCCN(C(=O)c2ccccc2F)C1. The van der Waals surface area contributed by atoms with E-state index in [0.717, 1.165) is 0 Å². The van der Waals surface area contributed by atoms with Crippen molar-refractivity contribution >= 4 is 22.8 Å². The lowest BCUT2D eigenvalue weighted by molar-refractivity contribution is -0.116. The molecule has 0 radical (unpaired) electrons. The molecule has 5 heteroatoms. The first-order valence-corrected chi connectivity index (χ1v) is 6.20. The molecule has 18 heavy (non-hydrogen) atoms. The normalized spacial score (nSPS) is 19.7. The quantitative estimate of drug-likeness (QED) is 0.774. The van der Waals surface area contributed by atoms with Gasteiger partial charge in [-0.1, -0.05) is 12.1 Å². The van der Waals surface area contributed by atoms with Crippen molar-refractivity contribution in [2.24, 2.45) is 5.92 Å². The number of halogens is 2. The molecule has 1 aromatic carbocycles. The summed E-state index contributed by atoms with van der Waals surface area (Å²) in [6, 6.07) is 5.85. The van der Waals surface area contributed by atoms with Crippen molar-refractivity contribution in [3.63, 3.8) is 0 Å². The Morgan fingerprint density at radius 3 is 2.72 bits per heavy atom. The average molecular weight is 270 g/mol. The number of amides is 1. The number of benzene rings is 1. The molecule has 0 spiro atoms. The Kier molecular flexibility index (Phi) is 3.97. The van der Waals surface area contributed by atoms with Crippen LogP contribution in [0.5, 0.6) is 0 Å². The van der Waals surface area contributed by atoms with E-state index in [1.807, 2.05) is 0 Å². The molecule has 2 rings (SSSR count). The number of carbonyl (C=O) groups is 2. The van der Waals surface area contributed by atoms with Gasteiger partial charge in [0.2, 0.25) is 5.24 Å². The molecule has 1 aromatic rings. The van der Waals surface area contributed by atoms with Gasteiger partial charge in [-0.15, -0.1) is 0 Å². The lowest BCUT2D eigenvalue weighted by Gasteiger charge is -2.31. The van der Waals surface area contributed by atoms with E-state index in [-0.39, 0.29) is 23.9 Å². The van der Waals surface area contributed by atoms with Gasteiger partial charge in [-0.3, -0.25) is 9.59 Å². The number of carbonyl (C=O) groups excluding carboxylic acids is 2. The van der Waals surface area contributed by atoms with Gasteiger partial charge in [-0.05, 0) is 36.6 Å². The van der Waals surface area contributed by atoms with Gasteiger partial charge in [0.1, 0.15) is 5.82 Å². The summed E-state index contributed by atoms with van der Waals surface area (Å²) in [5, 5.41) is -0.430. The summed E-state index contributed by atoms with van der Waals surface area (Å²) in [6.07, 6.45) is 1.40. The van der Waals surface area contributed by atoms with Crippen LogP contribution in [0.2, 0.25) is 0 Å². The van der Waals surface area contributed by atoms with Crippen molar-refractivity contribution in [1.82, 2.24) is 4.90 Å². The fraction of sp³-hybridized carbons (Fsp3) is 0.385. The fourth-order valence-corrected chi connectivity index (χ4v) is 2.33. The van der Waals surface area contributed by atoms with Crippen LogP contribution in [-0.4, -0.2) is 29.1 Å². The Labute approximate surface area is 110 Å². The summed E-state index contributed by atoms with van der Waals surface area (Å²) in [6.45, 7) is 0.809. The van der Waals surface area contributed by atoms with E-state index in [2.05, 4.69) is 0 Å². The lowest BCUT2D eigenvalue weighted by atomic mass is 9.98. The molecule has 0 aromatic heterocycles. The molecule has 0 aliphatic carbocycles. The standard InChI is InChI=1S/C13H13ClFNO2/c14-12(17)9-4-3-7-16(8-9)13(18)10-5-1-2-6-11(10)15/h1-2,5-6,9H,3-4,7-8H2. The number of hydrogen-bond donors (Lipinski definition) is 0. The molecule has 1 aliphatic rings. The smallest absolute Gasteiger partial charge is 0.256 e. The van der Waals surface area contributed by atoms with Crippen molar-refractivity contribution in [2.45, 2.75) is 12.8 Å². The van der Waals surface area contributed by atoms with E-state index in [0.29, 0.717) is 19.4 Å². The van der Waals surface area contributed by atoms with Crippen LogP contribution in [0.1, 0.15) is 23.2 Å². The molecule has 1 atom stereocenters. The summed E-state index contributed by atoms with van der Waals surface area (Å²) in [4.78, 5) is 24.7. The minimum Gasteiger partial charge on any atom is -0.338 e. The van der Waals surface area contributed by atoms with E-state index in [4.69, 9.17) is 11.6 Å². The topological polar surface area (TPSA) is 37.4 Å². The average Bonchev–Trinajstić information content (AvgIpc) is 2.38. The molecule has 96 valence electrons. The Morgan fingerprint density at radius 2 is 2.06 bits per heavy atom. The first kappa shape index (κ1) is 13.0. The first-order valence-electron chi connectivity index (χ1n) is 5.82. The van der Waals surface area contributed by atoms with Gasteiger partial charge in [0.25, 0.3) is 5.91 Å². The molecular weight excluding hydrogens is 257 g/mol. The van der Waals surface area contributed by atoms with Crippen LogP contribution in [0.25, 0.3) is 0 Å². The summed E-state index contributed by atoms with van der Waals surface area (Å²) in [7, 11) is 0. The molecule has 1 heterocycles. The molecular formula is C13H13ClFNO2. The highest BCUT2D eigenvalue weighted by Gasteiger charge is 2.28. The molecule has 0 saturated carbocycles. The summed E-state index contributed by atoms with van der Waals surface area (Å²) in [5.74, 6) is -1.26. The monoisotopic (exact) mass is 269 g/mol. The van der Waals surface area contributed by atoms with E-state index in [1.54, 1.807) is 6.07 Å². The Morgan fingerprint density at radius 1 is 1.33 bits per heavy atom. The van der Waals surface area contributed by atoms with Crippen molar-refractivity contribution in [1.29, 1.82) is 0 Å². The molecule has 1 amide bonds. The van der Waals surface area contributed by atoms with Crippen LogP contribution in [-0.2, 0) is 4.79 Å². The van der Waals surface area contributed by atoms with Crippen LogP contribution in [0.4, 0.5) is 4.39 Å². The zero-order valence-corrected chi connectivity index (χ0v) is 10.5. The van der Waals surface area contributed by atoms with E-state index < -0.39 is 11.1 Å². The summed E-state index contributed by atoms with van der Waals surface area (Å²) < 4.78 is 13.5. The summed E-state index contributed by atoms with van der Waals surface area (Å²) >= 11 is 5.45. The van der Waals surface area contributed by atoms with Gasteiger partial charge in [0.05, 0.1) is 11.5 Å². The Hall–Kier alpha value is -1.42. The van der Waals surface area contributed by atoms with Crippen molar-refractivity contribution in [2.75, 3.05) is 13.1 Å². The van der Waals surface area contributed by atoms with Crippen LogP contribution >= 0.6 is 11.6 Å². The van der Waals surface area contributed by atoms with Crippen LogP contribution in [0, 0.1) is 11.7 Å². The number of nitrogens with zero attached hydrogens (tertiary/aromatic N) is 1. The van der Waals surface area contributed by atoms with Gasteiger partial charge in [-0.25, -0.2) is 4.39 Å². The van der Waals surface area contributed by atoms with Gasteiger partial charge in [-0.2, -0.15) is 0 Å². The third-order valence-electron chi connectivity index (χ3n) is 3.13. The van der Waals surface area contributed by atoms with Crippen LogP contribution in [0.15, 0.2) is 24.3 Å². The number of likely N-dealkylation sites (tertiary alicyclic amines) is 1. The predicted molar refractivity (Wildman–Crippen MR) is 65.9 cm³/mol. The molecule has 1 saturated heterocycles. The van der Waals surface area contributed by atoms with Crippen molar-refractivity contribution in [3.8, 4) is 0 Å². The maximum absolute atomic E-state index is 13.5. The zero-order chi connectivity index (χ0) is 13.1. The third kappa shape index (κ3) is 2.70. The molecule has 1 fully saturated rings. The van der Waals surface area contributed by atoms with Gasteiger partial charge in [0, 0.05) is 13.1 Å². The Bertz CT molecular complexity index is 478. The van der Waals surface area contributed by atoms with E-state index in [9.17, 15) is 14.0 Å². The molecule has 0 N–H and O–H groups in total. The van der Waals surface area contributed by atoms with Gasteiger partial charge in [0.15, 0.2) is 0 Å². The second kappa shape index (κ2) is 5.48. The van der Waals surface area contributed by atoms with Crippen LogP contribution < -0.4 is 0 Å². The highest BCUT2D eigenvalue weighted by atomic mass is 35.5. The van der Waals surface area contributed by atoms with Crippen molar-refractivity contribution in [3.05, 3.63) is 35.6 Å². The predicted octanol–water partition coefficient (Wildman–Crippen LogP) is 2.44. The maximum atomic E-state index is 13.5. The number of rotatable bonds is 2.